The molecule has 1 atom stereocenters. The summed E-state index contributed by atoms with van der Waals surface area (Å²) >= 11 is 5.60. The molecule has 21 heavy (non-hydrogen) atoms. The van der Waals surface area contributed by atoms with Gasteiger partial charge in [0.1, 0.15) is 0 Å². The molecule has 0 aliphatic heterocycles. The van der Waals surface area contributed by atoms with Crippen LogP contribution in [0.3, 0.4) is 0 Å². The van der Waals surface area contributed by atoms with Gasteiger partial charge in [-0.05, 0) is 17.5 Å². The number of benzene rings is 2. The number of halogens is 1. The minimum absolute atomic E-state index is 0.0130. The standard InChI is InChI=1S/C18H20ClNO/c19-12-11-18(21)20-14-17(16-9-5-2-6-10-16)13-15-7-3-1-4-8-15/h1-10,17H,11-14H2,(H,20,21)/t17-/m1/s1. The van der Waals surface area contributed by atoms with Gasteiger partial charge in [-0.15, -0.1) is 11.6 Å². The zero-order valence-electron chi connectivity index (χ0n) is 12.0. The van der Waals surface area contributed by atoms with Crippen LogP contribution in [0.15, 0.2) is 60.7 Å². The average molecular weight is 302 g/mol. The molecule has 0 saturated carbocycles. The topological polar surface area (TPSA) is 29.1 Å². The Bertz CT molecular complexity index is 542. The third-order valence-corrected chi connectivity index (χ3v) is 3.65. The summed E-state index contributed by atoms with van der Waals surface area (Å²) in [5, 5.41) is 2.98. The number of hydrogen-bond acceptors (Lipinski definition) is 1. The average Bonchev–Trinajstić information content (AvgIpc) is 2.53. The first kappa shape index (κ1) is 15.6. The van der Waals surface area contributed by atoms with Crippen molar-refractivity contribution in [3.8, 4) is 0 Å². The van der Waals surface area contributed by atoms with Gasteiger partial charge < -0.3 is 5.32 Å². The van der Waals surface area contributed by atoms with Crippen LogP contribution in [0.2, 0.25) is 0 Å². The molecule has 0 saturated heterocycles. The van der Waals surface area contributed by atoms with Gasteiger partial charge in [-0.3, -0.25) is 4.79 Å². The summed E-state index contributed by atoms with van der Waals surface area (Å²) in [6.07, 6.45) is 1.28. The molecule has 3 heteroatoms. The van der Waals surface area contributed by atoms with E-state index in [0.717, 1.165) is 6.42 Å². The van der Waals surface area contributed by atoms with E-state index < -0.39 is 0 Å². The molecule has 0 radical (unpaired) electrons. The van der Waals surface area contributed by atoms with Gasteiger partial charge in [-0.2, -0.15) is 0 Å². The fourth-order valence-electron chi connectivity index (χ4n) is 2.34. The van der Waals surface area contributed by atoms with E-state index in [9.17, 15) is 4.79 Å². The maximum atomic E-state index is 11.6. The van der Waals surface area contributed by atoms with Gasteiger partial charge in [0.15, 0.2) is 0 Å². The lowest BCUT2D eigenvalue weighted by molar-refractivity contribution is -0.120. The Morgan fingerprint density at radius 3 is 2.24 bits per heavy atom. The molecule has 0 unspecified atom stereocenters. The van der Waals surface area contributed by atoms with E-state index >= 15 is 0 Å². The van der Waals surface area contributed by atoms with Crippen molar-refractivity contribution in [3.63, 3.8) is 0 Å². The van der Waals surface area contributed by atoms with E-state index in [1.807, 2.05) is 36.4 Å². The van der Waals surface area contributed by atoms with Crippen molar-refractivity contribution in [2.75, 3.05) is 12.4 Å². The van der Waals surface area contributed by atoms with E-state index in [1.54, 1.807) is 0 Å². The van der Waals surface area contributed by atoms with Crippen molar-refractivity contribution in [2.24, 2.45) is 0 Å². The minimum atomic E-state index is 0.0130. The van der Waals surface area contributed by atoms with E-state index in [0.29, 0.717) is 18.8 Å². The summed E-state index contributed by atoms with van der Waals surface area (Å²) in [7, 11) is 0. The first-order valence-corrected chi connectivity index (χ1v) is 7.74. The fourth-order valence-corrected chi connectivity index (χ4v) is 2.51. The molecule has 0 bridgehead atoms. The molecule has 1 N–H and O–H groups in total. The zero-order valence-corrected chi connectivity index (χ0v) is 12.7. The normalized spacial score (nSPS) is 11.9. The number of amides is 1. The summed E-state index contributed by atoms with van der Waals surface area (Å²) in [5.41, 5.74) is 2.52. The monoisotopic (exact) mass is 301 g/mol. The van der Waals surface area contributed by atoms with Crippen LogP contribution in [0.5, 0.6) is 0 Å². The highest BCUT2D eigenvalue weighted by molar-refractivity contribution is 6.18. The molecular formula is C18H20ClNO. The molecule has 1 amide bonds. The SMILES string of the molecule is O=C(CCCl)NC[C@@H](Cc1ccccc1)c1ccccc1. The molecule has 2 aromatic carbocycles. The molecule has 0 aliphatic carbocycles. The van der Waals surface area contributed by atoms with Gasteiger partial charge in [-0.25, -0.2) is 0 Å². The van der Waals surface area contributed by atoms with Crippen molar-refractivity contribution in [1.82, 2.24) is 5.32 Å². The number of hydrogen-bond donors (Lipinski definition) is 1. The zero-order chi connectivity index (χ0) is 14.9. The quantitative estimate of drug-likeness (QED) is 0.775. The second-order valence-electron chi connectivity index (χ2n) is 5.04. The maximum Gasteiger partial charge on any atom is 0.221 e. The molecule has 110 valence electrons. The molecular weight excluding hydrogens is 282 g/mol. The second-order valence-corrected chi connectivity index (χ2v) is 5.42. The number of carbonyl (C=O) groups excluding carboxylic acids is 1. The molecule has 2 nitrogen and oxygen atoms in total. The second kappa shape index (κ2) is 8.48. The Morgan fingerprint density at radius 1 is 1.00 bits per heavy atom. The summed E-state index contributed by atoms with van der Waals surface area (Å²) < 4.78 is 0. The third-order valence-electron chi connectivity index (χ3n) is 3.46. The highest BCUT2D eigenvalue weighted by atomic mass is 35.5. The summed E-state index contributed by atoms with van der Waals surface area (Å²) in [4.78, 5) is 11.6. The van der Waals surface area contributed by atoms with Crippen molar-refractivity contribution in [1.29, 1.82) is 0 Å². The summed E-state index contributed by atoms with van der Waals surface area (Å²) in [6.45, 7) is 0.634. The lowest BCUT2D eigenvalue weighted by Gasteiger charge is -2.18. The number of nitrogens with one attached hydrogen (secondary N) is 1. The van der Waals surface area contributed by atoms with E-state index in [2.05, 4.69) is 29.6 Å². The van der Waals surface area contributed by atoms with Crippen LogP contribution in [-0.4, -0.2) is 18.3 Å². The van der Waals surface area contributed by atoms with Crippen LogP contribution in [0.1, 0.15) is 23.5 Å². The predicted molar refractivity (Wildman–Crippen MR) is 87.7 cm³/mol. The van der Waals surface area contributed by atoms with Crippen LogP contribution in [0.4, 0.5) is 0 Å². The largest absolute Gasteiger partial charge is 0.355 e. The molecule has 0 aromatic heterocycles. The Kier molecular flexibility index (Phi) is 6.29. The number of carbonyl (C=O) groups is 1. The van der Waals surface area contributed by atoms with Crippen LogP contribution < -0.4 is 5.32 Å². The fraction of sp³-hybridized carbons (Fsp3) is 0.278. The maximum absolute atomic E-state index is 11.6. The molecule has 2 aromatic rings. The highest BCUT2D eigenvalue weighted by Gasteiger charge is 2.13. The van der Waals surface area contributed by atoms with E-state index in [4.69, 9.17) is 11.6 Å². The van der Waals surface area contributed by atoms with Gasteiger partial charge >= 0.3 is 0 Å². The van der Waals surface area contributed by atoms with Crippen LogP contribution in [0.25, 0.3) is 0 Å². The predicted octanol–water partition coefficient (Wildman–Crippen LogP) is 3.76. The Morgan fingerprint density at radius 2 is 1.62 bits per heavy atom. The first-order valence-electron chi connectivity index (χ1n) is 7.21. The van der Waals surface area contributed by atoms with E-state index in [1.165, 1.54) is 11.1 Å². The lowest BCUT2D eigenvalue weighted by Crippen LogP contribution is -2.29. The smallest absolute Gasteiger partial charge is 0.221 e. The van der Waals surface area contributed by atoms with Crippen molar-refractivity contribution >= 4 is 17.5 Å². The minimum Gasteiger partial charge on any atom is -0.355 e. The number of alkyl halides is 1. The molecule has 0 spiro atoms. The van der Waals surface area contributed by atoms with Crippen LogP contribution in [-0.2, 0) is 11.2 Å². The van der Waals surface area contributed by atoms with Crippen molar-refractivity contribution in [3.05, 3.63) is 71.8 Å². The third kappa shape index (κ3) is 5.24. The molecule has 2 rings (SSSR count). The number of rotatable bonds is 7. The first-order chi connectivity index (χ1) is 10.3. The van der Waals surface area contributed by atoms with Gasteiger partial charge in [-0.1, -0.05) is 60.7 Å². The highest BCUT2D eigenvalue weighted by Crippen LogP contribution is 2.20. The Balaban J connectivity index is 2.06. The van der Waals surface area contributed by atoms with Crippen molar-refractivity contribution in [2.45, 2.75) is 18.8 Å². The molecule has 0 aliphatic rings. The van der Waals surface area contributed by atoms with Gasteiger partial charge in [0, 0.05) is 24.8 Å². The van der Waals surface area contributed by atoms with Gasteiger partial charge in [0.05, 0.1) is 0 Å². The van der Waals surface area contributed by atoms with E-state index in [-0.39, 0.29) is 11.8 Å². The Hall–Kier alpha value is -1.80. The van der Waals surface area contributed by atoms with Crippen LogP contribution >= 0.6 is 11.6 Å². The summed E-state index contributed by atoms with van der Waals surface area (Å²) in [5.74, 6) is 0.646. The molecule has 0 heterocycles. The molecule has 0 fully saturated rings. The van der Waals surface area contributed by atoms with Crippen LogP contribution in [0, 0.1) is 0 Å². The summed E-state index contributed by atoms with van der Waals surface area (Å²) in [6, 6.07) is 20.7. The van der Waals surface area contributed by atoms with Gasteiger partial charge in [0.2, 0.25) is 5.91 Å². The lowest BCUT2D eigenvalue weighted by atomic mass is 9.92. The Labute approximate surface area is 131 Å². The van der Waals surface area contributed by atoms with Gasteiger partial charge in [0.25, 0.3) is 0 Å². The van der Waals surface area contributed by atoms with Crippen molar-refractivity contribution < 1.29 is 4.79 Å².